The van der Waals surface area contributed by atoms with Crippen LogP contribution >= 0.6 is 0 Å². The van der Waals surface area contributed by atoms with Crippen LogP contribution in [0.25, 0.3) is 0 Å². The molecule has 4 heteroatoms. The molecule has 1 heterocycles. The third-order valence-electron chi connectivity index (χ3n) is 4.70. The predicted molar refractivity (Wildman–Crippen MR) is 73.2 cm³/mol. The van der Waals surface area contributed by atoms with Gasteiger partial charge in [0.15, 0.2) is 0 Å². The van der Waals surface area contributed by atoms with E-state index < -0.39 is 0 Å². The molecule has 2 fully saturated rings. The molecule has 0 bridgehead atoms. The minimum absolute atomic E-state index is 0.218. The van der Waals surface area contributed by atoms with Crippen LogP contribution in [0.2, 0.25) is 0 Å². The maximum atomic E-state index is 12.0. The summed E-state index contributed by atoms with van der Waals surface area (Å²) in [6.07, 6.45) is 6.72. The lowest BCUT2D eigenvalue weighted by atomic mass is 9.69. The Labute approximate surface area is 110 Å². The standard InChI is InChI=1S/C14H27N3O/c1-17-7-2-4-12(9-17)8-13(18)16-11-14(10-15)5-3-6-14/h12H,2-11,15H2,1H3,(H,16,18). The molecule has 104 valence electrons. The fraction of sp³-hybridized carbons (Fsp3) is 0.929. The second-order valence-electron chi connectivity index (χ2n) is 6.31. The number of nitrogens with one attached hydrogen (secondary N) is 1. The van der Waals surface area contributed by atoms with Gasteiger partial charge in [-0.05, 0) is 57.2 Å². The largest absolute Gasteiger partial charge is 0.355 e. The quantitative estimate of drug-likeness (QED) is 0.767. The van der Waals surface area contributed by atoms with Gasteiger partial charge in [0.1, 0.15) is 0 Å². The van der Waals surface area contributed by atoms with Gasteiger partial charge in [0.25, 0.3) is 0 Å². The van der Waals surface area contributed by atoms with Crippen molar-refractivity contribution in [2.45, 2.75) is 38.5 Å². The van der Waals surface area contributed by atoms with Crippen molar-refractivity contribution < 1.29 is 4.79 Å². The van der Waals surface area contributed by atoms with Crippen LogP contribution in [-0.4, -0.2) is 44.0 Å². The first-order valence-electron chi connectivity index (χ1n) is 7.29. The van der Waals surface area contributed by atoms with Crippen LogP contribution in [0.3, 0.4) is 0 Å². The number of rotatable bonds is 5. The van der Waals surface area contributed by atoms with Crippen molar-refractivity contribution in [2.24, 2.45) is 17.1 Å². The third-order valence-corrected chi connectivity index (χ3v) is 4.70. The number of carbonyl (C=O) groups excluding carboxylic acids is 1. The number of nitrogens with two attached hydrogens (primary N) is 1. The second-order valence-corrected chi connectivity index (χ2v) is 6.31. The van der Waals surface area contributed by atoms with Crippen molar-refractivity contribution in [1.82, 2.24) is 10.2 Å². The number of hydrogen-bond acceptors (Lipinski definition) is 3. The summed E-state index contributed by atoms with van der Waals surface area (Å²) < 4.78 is 0. The van der Waals surface area contributed by atoms with Crippen molar-refractivity contribution in [3.05, 3.63) is 0 Å². The van der Waals surface area contributed by atoms with E-state index in [0.29, 0.717) is 18.9 Å². The van der Waals surface area contributed by atoms with E-state index in [1.807, 2.05) is 0 Å². The molecule has 1 atom stereocenters. The lowest BCUT2D eigenvalue weighted by Crippen LogP contribution is -2.47. The molecule has 1 saturated carbocycles. The maximum absolute atomic E-state index is 12.0. The molecule has 2 aliphatic rings. The number of likely N-dealkylation sites (tertiary alicyclic amines) is 1. The van der Waals surface area contributed by atoms with Gasteiger partial charge >= 0.3 is 0 Å². The summed E-state index contributed by atoms with van der Waals surface area (Å²) in [5.41, 5.74) is 6.02. The zero-order valence-corrected chi connectivity index (χ0v) is 11.6. The van der Waals surface area contributed by atoms with E-state index in [-0.39, 0.29) is 11.3 Å². The first-order valence-corrected chi connectivity index (χ1v) is 7.29. The van der Waals surface area contributed by atoms with Gasteiger partial charge in [-0.2, -0.15) is 0 Å². The van der Waals surface area contributed by atoms with E-state index in [2.05, 4.69) is 17.3 Å². The fourth-order valence-corrected chi connectivity index (χ4v) is 3.19. The molecule has 3 N–H and O–H groups in total. The molecule has 1 saturated heterocycles. The normalized spacial score (nSPS) is 27.6. The Hall–Kier alpha value is -0.610. The summed E-state index contributed by atoms with van der Waals surface area (Å²) in [5, 5.41) is 3.10. The average Bonchev–Trinajstić information content (AvgIpc) is 2.28. The molecular formula is C14H27N3O. The molecule has 1 unspecified atom stereocenters. The van der Waals surface area contributed by atoms with Crippen LogP contribution in [-0.2, 0) is 4.79 Å². The van der Waals surface area contributed by atoms with E-state index in [1.165, 1.54) is 38.6 Å². The van der Waals surface area contributed by atoms with Gasteiger partial charge in [-0.1, -0.05) is 6.42 Å². The molecular weight excluding hydrogens is 226 g/mol. The number of amides is 1. The smallest absolute Gasteiger partial charge is 0.220 e. The van der Waals surface area contributed by atoms with Crippen LogP contribution in [0.15, 0.2) is 0 Å². The highest BCUT2D eigenvalue weighted by Gasteiger charge is 2.35. The Bertz CT molecular complexity index is 283. The van der Waals surface area contributed by atoms with E-state index >= 15 is 0 Å². The van der Waals surface area contributed by atoms with Crippen LogP contribution in [0, 0.1) is 11.3 Å². The fourth-order valence-electron chi connectivity index (χ4n) is 3.19. The summed E-state index contributed by atoms with van der Waals surface area (Å²) >= 11 is 0. The first kappa shape index (κ1) is 13.8. The Morgan fingerprint density at radius 3 is 2.78 bits per heavy atom. The van der Waals surface area contributed by atoms with Gasteiger partial charge in [0.05, 0.1) is 0 Å². The summed E-state index contributed by atoms with van der Waals surface area (Å²) in [6.45, 7) is 3.73. The SMILES string of the molecule is CN1CCCC(CC(=O)NCC2(CN)CCC2)C1. The highest BCUT2D eigenvalue weighted by atomic mass is 16.1. The Balaban J connectivity index is 1.68. The van der Waals surface area contributed by atoms with Crippen LogP contribution in [0.1, 0.15) is 38.5 Å². The average molecular weight is 253 g/mol. The van der Waals surface area contributed by atoms with Gasteiger partial charge < -0.3 is 16.0 Å². The summed E-state index contributed by atoms with van der Waals surface area (Å²) in [6, 6.07) is 0. The summed E-state index contributed by atoms with van der Waals surface area (Å²) in [5.74, 6) is 0.758. The first-order chi connectivity index (χ1) is 8.63. The molecule has 0 aromatic heterocycles. The number of piperidine rings is 1. The van der Waals surface area contributed by atoms with Crippen molar-refractivity contribution >= 4 is 5.91 Å². The number of hydrogen-bond donors (Lipinski definition) is 2. The second kappa shape index (κ2) is 6.02. The minimum Gasteiger partial charge on any atom is -0.355 e. The number of carbonyl (C=O) groups is 1. The van der Waals surface area contributed by atoms with Crippen LogP contribution < -0.4 is 11.1 Å². The molecule has 4 nitrogen and oxygen atoms in total. The van der Waals surface area contributed by atoms with Gasteiger partial charge in [-0.15, -0.1) is 0 Å². The van der Waals surface area contributed by atoms with Crippen molar-refractivity contribution in [1.29, 1.82) is 0 Å². The zero-order valence-electron chi connectivity index (χ0n) is 11.6. The van der Waals surface area contributed by atoms with E-state index in [1.54, 1.807) is 0 Å². The molecule has 18 heavy (non-hydrogen) atoms. The van der Waals surface area contributed by atoms with Gasteiger partial charge in [-0.3, -0.25) is 4.79 Å². The van der Waals surface area contributed by atoms with Crippen molar-refractivity contribution in [2.75, 3.05) is 33.2 Å². The molecule has 1 amide bonds. The maximum Gasteiger partial charge on any atom is 0.220 e. The molecule has 0 aromatic carbocycles. The molecule has 1 aliphatic heterocycles. The molecule has 0 radical (unpaired) electrons. The number of nitrogens with zero attached hydrogens (tertiary/aromatic N) is 1. The van der Waals surface area contributed by atoms with Gasteiger partial charge in [0, 0.05) is 19.5 Å². The van der Waals surface area contributed by atoms with Crippen LogP contribution in [0.5, 0.6) is 0 Å². The highest BCUT2D eigenvalue weighted by molar-refractivity contribution is 5.76. The van der Waals surface area contributed by atoms with Crippen molar-refractivity contribution in [3.8, 4) is 0 Å². The van der Waals surface area contributed by atoms with Gasteiger partial charge in [0.2, 0.25) is 5.91 Å². The van der Waals surface area contributed by atoms with E-state index in [4.69, 9.17) is 5.73 Å². The molecule has 2 rings (SSSR count). The topological polar surface area (TPSA) is 58.4 Å². The van der Waals surface area contributed by atoms with E-state index in [0.717, 1.165) is 13.1 Å². The molecule has 0 spiro atoms. The Kier molecular flexibility index (Phi) is 4.62. The molecule has 1 aliphatic carbocycles. The van der Waals surface area contributed by atoms with Crippen LogP contribution in [0.4, 0.5) is 0 Å². The monoisotopic (exact) mass is 253 g/mol. The van der Waals surface area contributed by atoms with Gasteiger partial charge in [-0.25, -0.2) is 0 Å². The molecule has 0 aromatic rings. The minimum atomic E-state index is 0.218. The van der Waals surface area contributed by atoms with E-state index in [9.17, 15) is 4.79 Å². The lowest BCUT2D eigenvalue weighted by molar-refractivity contribution is -0.123. The zero-order chi connectivity index (χ0) is 13.0. The summed E-state index contributed by atoms with van der Waals surface area (Å²) in [7, 11) is 2.14. The third kappa shape index (κ3) is 3.45. The lowest BCUT2D eigenvalue weighted by Gasteiger charge is -2.41. The highest BCUT2D eigenvalue weighted by Crippen LogP contribution is 2.39. The summed E-state index contributed by atoms with van der Waals surface area (Å²) in [4.78, 5) is 14.3. The Morgan fingerprint density at radius 2 is 2.22 bits per heavy atom. The van der Waals surface area contributed by atoms with Crippen molar-refractivity contribution in [3.63, 3.8) is 0 Å². The Morgan fingerprint density at radius 1 is 1.44 bits per heavy atom. The predicted octanol–water partition coefficient (Wildman–Crippen LogP) is 0.964.